The highest BCUT2D eigenvalue weighted by Gasteiger charge is 2.15. The van der Waals surface area contributed by atoms with E-state index in [1.807, 2.05) is 6.07 Å². The lowest BCUT2D eigenvalue weighted by Crippen LogP contribution is -2.13. The fourth-order valence-corrected chi connectivity index (χ4v) is 3.41. The first-order valence-electron chi connectivity index (χ1n) is 9.76. The van der Waals surface area contributed by atoms with E-state index in [1.54, 1.807) is 36.4 Å². The Morgan fingerprint density at radius 1 is 0.912 bits per heavy atom. The molecule has 3 aromatic rings. The SMILES string of the molecule is COc1ccc(C(=O)Oc2cc(C=C(C#N)C(=O)Nc3cc(Cl)cc(Cl)c3)ccc2OC)cc1. The summed E-state index contributed by atoms with van der Waals surface area (Å²) >= 11 is 11.9. The summed E-state index contributed by atoms with van der Waals surface area (Å²) in [5.41, 5.74) is 0.899. The number of esters is 1. The highest BCUT2D eigenvalue weighted by molar-refractivity contribution is 6.35. The summed E-state index contributed by atoms with van der Waals surface area (Å²) in [6, 6.07) is 17.5. The van der Waals surface area contributed by atoms with Gasteiger partial charge in [-0.3, -0.25) is 4.79 Å². The van der Waals surface area contributed by atoms with Crippen molar-refractivity contribution in [2.45, 2.75) is 0 Å². The fourth-order valence-electron chi connectivity index (χ4n) is 2.89. The molecule has 0 aliphatic heterocycles. The zero-order valence-electron chi connectivity index (χ0n) is 18.1. The zero-order chi connectivity index (χ0) is 24.7. The molecule has 9 heteroatoms. The number of hydrogen-bond donors (Lipinski definition) is 1. The molecule has 0 bridgehead atoms. The van der Waals surface area contributed by atoms with Crippen molar-refractivity contribution in [3.8, 4) is 23.3 Å². The van der Waals surface area contributed by atoms with Crippen molar-refractivity contribution in [1.82, 2.24) is 0 Å². The van der Waals surface area contributed by atoms with Crippen LogP contribution in [0, 0.1) is 11.3 Å². The van der Waals surface area contributed by atoms with Crippen molar-refractivity contribution in [2.24, 2.45) is 0 Å². The summed E-state index contributed by atoms with van der Waals surface area (Å²) in [6.07, 6.45) is 1.35. The average Bonchev–Trinajstić information content (AvgIpc) is 2.82. The van der Waals surface area contributed by atoms with Gasteiger partial charge in [-0.1, -0.05) is 29.3 Å². The van der Waals surface area contributed by atoms with Crippen LogP contribution in [0.2, 0.25) is 10.0 Å². The highest BCUT2D eigenvalue weighted by atomic mass is 35.5. The van der Waals surface area contributed by atoms with Gasteiger partial charge in [-0.25, -0.2) is 4.79 Å². The molecule has 0 spiro atoms. The number of ether oxygens (including phenoxy) is 3. The second-order valence-corrected chi connectivity index (χ2v) is 7.68. The molecule has 0 atom stereocenters. The molecule has 0 aromatic heterocycles. The first kappa shape index (κ1) is 24.6. The van der Waals surface area contributed by atoms with Gasteiger partial charge in [0.1, 0.15) is 17.4 Å². The standard InChI is InChI=1S/C25H18Cl2N2O5/c1-32-21-6-4-16(5-7-21)25(31)34-23-10-15(3-8-22(23)33-2)9-17(14-28)24(30)29-20-12-18(26)11-19(27)13-20/h3-13H,1-2H3,(H,29,30). The molecule has 3 rings (SSSR count). The van der Waals surface area contributed by atoms with Crippen molar-refractivity contribution in [3.63, 3.8) is 0 Å². The maximum absolute atomic E-state index is 12.6. The predicted molar refractivity (Wildman–Crippen MR) is 130 cm³/mol. The van der Waals surface area contributed by atoms with Crippen molar-refractivity contribution < 1.29 is 23.8 Å². The summed E-state index contributed by atoms with van der Waals surface area (Å²) in [7, 11) is 2.96. The molecule has 0 fully saturated rings. The second-order valence-electron chi connectivity index (χ2n) is 6.81. The average molecular weight is 497 g/mol. The maximum atomic E-state index is 12.6. The van der Waals surface area contributed by atoms with E-state index >= 15 is 0 Å². The largest absolute Gasteiger partial charge is 0.497 e. The van der Waals surface area contributed by atoms with E-state index in [9.17, 15) is 14.9 Å². The predicted octanol–water partition coefficient (Wildman–Crippen LogP) is 5.78. The molecule has 172 valence electrons. The number of carbonyl (C=O) groups excluding carboxylic acids is 2. The number of carbonyl (C=O) groups is 2. The van der Waals surface area contributed by atoms with Crippen molar-refractivity contribution in [2.75, 3.05) is 19.5 Å². The van der Waals surface area contributed by atoms with Crippen LogP contribution in [0.4, 0.5) is 5.69 Å². The molecule has 1 N–H and O–H groups in total. The number of benzene rings is 3. The second kappa shape index (κ2) is 11.2. The number of methoxy groups -OCH3 is 2. The Kier molecular flexibility index (Phi) is 8.14. The Bertz CT molecular complexity index is 1280. The molecule has 0 aliphatic carbocycles. The summed E-state index contributed by atoms with van der Waals surface area (Å²) < 4.78 is 15.8. The summed E-state index contributed by atoms with van der Waals surface area (Å²) in [6.45, 7) is 0. The van der Waals surface area contributed by atoms with Crippen LogP contribution in [0.1, 0.15) is 15.9 Å². The molecule has 0 aliphatic rings. The monoisotopic (exact) mass is 496 g/mol. The van der Waals surface area contributed by atoms with E-state index in [0.29, 0.717) is 38.4 Å². The molecule has 34 heavy (non-hydrogen) atoms. The zero-order valence-corrected chi connectivity index (χ0v) is 19.6. The Hall–Kier alpha value is -3.99. The van der Waals surface area contributed by atoms with Gasteiger partial charge in [0.05, 0.1) is 19.8 Å². The summed E-state index contributed by atoms with van der Waals surface area (Å²) in [5.74, 6) is -0.248. The van der Waals surface area contributed by atoms with Gasteiger partial charge in [0, 0.05) is 15.7 Å². The molecule has 0 radical (unpaired) electrons. The molecule has 7 nitrogen and oxygen atoms in total. The highest BCUT2D eigenvalue weighted by Crippen LogP contribution is 2.30. The number of nitrogens with zero attached hydrogens (tertiary/aromatic N) is 1. The summed E-state index contributed by atoms with van der Waals surface area (Å²) in [4.78, 5) is 25.2. The number of hydrogen-bond acceptors (Lipinski definition) is 6. The van der Waals surface area contributed by atoms with Crippen LogP contribution in [-0.2, 0) is 4.79 Å². The lowest BCUT2D eigenvalue weighted by molar-refractivity contribution is -0.112. The van der Waals surface area contributed by atoms with Crippen LogP contribution >= 0.6 is 23.2 Å². The third-order valence-electron chi connectivity index (χ3n) is 4.51. The van der Waals surface area contributed by atoms with Crippen molar-refractivity contribution in [1.29, 1.82) is 5.26 Å². The smallest absolute Gasteiger partial charge is 0.343 e. The number of rotatable bonds is 7. The van der Waals surface area contributed by atoms with Gasteiger partial charge in [-0.15, -0.1) is 0 Å². The number of nitrogens with one attached hydrogen (secondary N) is 1. The minimum absolute atomic E-state index is 0.122. The number of anilines is 1. The maximum Gasteiger partial charge on any atom is 0.343 e. The summed E-state index contributed by atoms with van der Waals surface area (Å²) in [5, 5.41) is 12.8. The van der Waals surface area contributed by atoms with Crippen molar-refractivity contribution >= 4 is 46.8 Å². The molecule has 0 saturated carbocycles. The van der Waals surface area contributed by atoms with Crippen LogP contribution in [0.15, 0.2) is 66.2 Å². The van der Waals surface area contributed by atoms with Gasteiger partial charge >= 0.3 is 5.97 Å². The van der Waals surface area contributed by atoms with Crippen LogP contribution in [-0.4, -0.2) is 26.1 Å². The van der Waals surface area contributed by atoms with Gasteiger partial charge in [0.25, 0.3) is 5.91 Å². The normalized spacial score (nSPS) is 10.7. The Morgan fingerprint density at radius 2 is 1.59 bits per heavy atom. The molecular formula is C25H18Cl2N2O5. The van der Waals surface area contributed by atoms with Crippen molar-refractivity contribution in [3.05, 3.63) is 87.4 Å². The molecule has 0 unspecified atom stereocenters. The van der Waals surface area contributed by atoms with Gasteiger partial charge in [-0.05, 0) is 66.2 Å². The van der Waals surface area contributed by atoms with E-state index in [-0.39, 0.29) is 11.3 Å². The van der Waals surface area contributed by atoms with E-state index in [2.05, 4.69) is 5.32 Å². The minimum atomic E-state index is -0.659. The third-order valence-corrected chi connectivity index (χ3v) is 4.95. The van der Waals surface area contributed by atoms with E-state index in [4.69, 9.17) is 37.4 Å². The topological polar surface area (TPSA) is 97.7 Å². The van der Waals surface area contributed by atoms with Crippen LogP contribution in [0.5, 0.6) is 17.2 Å². The quantitative estimate of drug-likeness (QED) is 0.193. The van der Waals surface area contributed by atoms with Gasteiger partial charge < -0.3 is 19.5 Å². The van der Waals surface area contributed by atoms with Crippen LogP contribution in [0.3, 0.4) is 0 Å². The third kappa shape index (κ3) is 6.29. The molecular weight excluding hydrogens is 479 g/mol. The minimum Gasteiger partial charge on any atom is -0.497 e. The Labute approximate surface area is 206 Å². The molecule has 1 amide bonds. The number of nitriles is 1. The van der Waals surface area contributed by atoms with Crippen LogP contribution in [0.25, 0.3) is 6.08 Å². The molecule has 3 aromatic carbocycles. The number of amides is 1. The van der Waals surface area contributed by atoms with E-state index < -0.39 is 11.9 Å². The molecule has 0 saturated heterocycles. The van der Waals surface area contributed by atoms with Gasteiger partial charge in [0.2, 0.25) is 0 Å². The van der Waals surface area contributed by atoms with Gasteiger partial charge in [-0.2, -0.15) is 5.26 Å². The van der Waals surface area contributed by atoms with Crippen LogP contribution < -0.4 is 19.5 Å². The fraction of sp³-hybridized carbons (Fsp3) is 0.0800. The Balaban J connectivity index is 1.84. The van der Waals surface area contributed by atoms with E-state index in [1.165, 1.54) is 44.6 Å². The van der Waals surface area contributed by atoms with E-state index in [0.717, 1.165) is 0 Å². The first-order valence-corrected chi connectivity index (χ1v) is 10.5. The Morgan fingerprint density at radius 3 is 2.18 bits per heavy atom. The number of halogens is 2. The lowest BCUT2D eigenvalue weighted by atomic mass is 10.1. The first-order chi connectivity index (χ1) is 16.3. The molecule has 0 heterocycles. The van der Waals surface area contributed by atoms with Gasteiger partial charge in [0.15, 0.2) is 11.5 Å². The lowest BCUT2D eigenvalue weighted by Gasteiger charge is -2.11.